The van der Waals surface area contributed by atoms with Crippen LogP contribution in [0, 0.1) is 17.8 Å². The van der Waals surface area contributed by atoms with E-state index in [9.17, 15) is 4.79 Å². The van der Waals surface area contributed by atoms with Gasteiger partial charge in [0.15, 0.2) is 0 Å². The average Bonchev–Trinajstić information content (AvgIpc) is 3.22. The van der Waals surface area contributed by atoms with Crippen molar-refractivity contribution in [2.75, 3.05) is 5.75 Å². The molecule has 5 aliphatic carbocycles. The first-order valence-corrected chi connectivity index (χ1v) is 10.9. The quantitative estimate of drug-likeness (QED) is 0.816. The second-order valence-corrected chi connectivity index (χ2v) is 9.82. The van der Waals surface area contributed by atoms with Crippen molar-refractivity contribution >= 4 is 17.7 Å². The van der Waals surface area contributed by atoms with E-state index in [0.29, 0.717) is 11.8 Å². The molecular formula is C18H27N5OS. The van der Waals surface area contributed by atoms with Crippen LogP contribution in [0.25, 0.3) is 0 Å². The third-order valence-corrected chi connectivity index (χ3v) is 7.84. The largest absolute Gasteiger partial charge is 0.350 e. The molecule has 1 aromatic heterocycles. The van der Waals surface area contributed by atoms with E-state index in [2.05, 4.69) is 20.8 Å². The Hall–Kier alpha value is -1.11. The second kappa shape index (κ2) is 6.25. The fourth-order valence-corrected chi connectivity index (χ4v) is 7.13. The molecule has 4 bridgehead atoms. The third-order valence-electron chi connectivity index (χ3n) is 6.91. The molecule has 5 saturated carbocycles. The molecule has 1 aromatic rings. The standard InChI is InChI=1S/C18H27N5OS/c24-16(11-25-17-20-21-22-23(17)15-3-1-2-4-15)19-18-8-12-5-13(9-18)7-14(6-12)10-18/h12-15H,1-11H2,(H,19,24). The Kier molecular flexibility index (Phi) is 4.02. The number of tetrazole rings is 1. The predicted molar refractivity (Wildman–Crippen MR) is 95.1 cm³/mol. The van der Waals surface area contributed by atoms with Gasteiger partial charge in [-0.3, -0.25) is 4.79 Å². The normalized spacial score (nSPS) is 36.9. The van der Waals surface area contributed by atoms with Crippen LogP contribution in [0.5, 0.6) is 0 Å². The molecule has 6 rings (SSSR count). The van der Waals surface area contributed by atoms with Crippen LogP contribution in [0.4, 0.5) is 0 Å². The lowest BCUT2D eigenvalue weighted by molar-refractivity contribution is -0.124. The molecular weight excluding hydrogens is 334 g/mol. The van der Waals surface area contributed by atoms with Crippen molar-refractivity contribution in [1.82, 2.24) is 25.5 Å². The van der Waals surface area contributed by atoms with E-state index in [0.717, 1.165) is 35.8 Å². The van der Waals surface area contributed by atoms with Crippen LogP contribution < -0.4 is 5.32 Å². The minimum atomic E-state index is 0.101. The molecule has 6 nitrogen and oxygen atoms in total. The number of thioether (sulfide) groups is 1. The highest BCUT2D eigenvalue weighted by Crippen LogP contribution is 2.55. The van der Waals surface area contributed by atoms with Gasteiger partial charge in [-0.15, -0.1) is 5.10 Å². The molecule has 136 valence electrons. The van der Waals surface area contributed by atoms with Crippen molar-refractivity contribution < 1.29 is 4.79 Å². The maximum absolute atomic E-state index is 12.6. The number of aromatic nitrogens is 4. The molecule has 0 unspecified atom stereocenters. The molecule has 0 spiro atoms. The van der Waals surface area contributed by atoms with Gasteiger partial charge in [-0.25, -0.2) is 4.68 Å². The Morgan fingerprint density at radius 1 is 1.12 bits per heavy atom. The van der Waals surface area contributed by atoms with Gasteiger partial charge in [-0.05, 0) is 79.5 Å². The number of amides is 1. The SMILES string of the molecule is O=C(CSc1nnnn1C1CCCC1)NC12CC3CC(CC(C3)C1)C2. The molecule has 1 N–H and O–H groups in total. The van der Waals surface area contributed by atoms with Crippen LogP contribution in [-0.2, 0) is 4.79 Å². The van der Waals surface area contributed by atoms with E-state index in [1.54, 1.807) is 0 Å². The number of hydrogen-bond donors (Lipinski definition) is 1. The first kappa shape index (κ1) is 16.1. The van der Waals surface area contributed by atoms with Gasteiger partial charge in [0.25, 0.3) is 0 Å². The van der Waals surface area contributed by atoms with Crippen molar-refractivity contribution in [3.63, 3.8) is 0 Å². The monoisotopic (exact) mass is 361 g/mol. The van der Waals surface area contributed by atoms with Gasteiger partial charge in [-0.1, -0.05) is 24.6 Å². The lowest BCUT2D eigenvalue weighted by Crippen LogP contribution is -2.60. The highest BCUT2D eigenvalue weighted by atomic mass is 32.2. The summed E-state index contributed by atoms with van der Waals surface area (Å²) in [5.74, 6) is 3.15. The zero-order chi connectivity index (χ0) is 16.9. The summed E-state index contributed by atoms with van der Waals surface area (Å²) < 4.78 is 1.94. The smallest absolute Gasteiger partial charge is 0.230 e. The fourth-order valence-electron chi connectivity index (χ4n) is 6.38. The zero-order valence-electron chi connectivity index (χ0n) is 14.7. The number of hydrogen-bond acceptors (Lipinski definition) is 5. The van der Waals surface area contributed by atoms with Gasteiger partial charge in [0, 0.05) is 5.54 Å². The first-order chi connectivity index (χ1) is 12.2. The van der Waals surface area contributed by atoms with E-state index in [-0.39, 0.29) is 11.4 Å². The maximum Gasteiger partial charge on any atom is 0.230 e. The number of nitrogens with one attached hydrogen (secondary N) is 1. The Labute approximate surface area is 152 Å². The second-order valence-electron chi connectivity index (χ2n) is 8.88. The maximum atomic E-state index is 12.6. The van der Waals surface area contributed by atoms with E-state index in [1.807, 2.05) is 4.68 Å². The van der Waals surface area contributed by atoms with Crippen molar-refractivity contribution in [3.8, 4) is 0 Å². The van der Waals surface area contributed by atoms with Crippen molar-refractivity contribution in [2.24, 2.45) is 17.8 Å². The number of carbonyl (C=O) groups excluding carboxylic acids is 1. The van der Waals surface area contributed by atoms with Crippen molar-refractivity contribution in [1.29, 1.82) is 0 Å². The molecule has 7 heteroatoms. The summed E-state index contributed by atoms with van der Waals surface area (Å²) in [7, 11) is 0. The lowest BCUT2D eigenvalue weighted by atomic mass is 9.53. The van der Waals surface area contributed by atoms with Gasteiger partial charge in [0.1, 0.15) is 0 Å². The van der Waals surface area contributed by atoms with E-state index < -0.39 is 0 Å². The molecule has 0 aromatic carbocycles. The summed E-state index contributed by atoms with van der Waals surface area (Å²) in [5, 5.41) is 16.4. The molecule has 1 amide bonds. The molecule has 0 saturated heterocycles. The third kappa shape index (κ3) is 3.09. The van der Waals surface area contributed by atoms with Gasteiger partial charge < -0.3 is 5.32 Å². The highest BCUT2D eigenvalue weighted by molar-refractivity contribution is 7.99. The van der Waals surface area contributed by atoms with Gasteiger partial charge in [-0.2, -0.15) is 0 Å². The van der Waals surface area contributed by atoms with E-state index in [1.165, 1.54) is 63.1 Å². The summed E-state index contributed by atoms with van der Waals surface area (Å²) in [6.45, 7) is 0. The van der Waals surface area contributed by atoms with Crippen molar-refractivity contribution in [2.45, 2.75) is 80.9 Å². The predicted octanol–water partition coefficient (Wildman–Crippen LogP) is 2.97. The van der Waals surface area contributed by atoms with Crippen LogP contribution >= 0.6 is 11.8 Å². The highest BCUT2D eigenvalue weighted by Gasteiger charge is 2.51. The number of nitrogens with zero attached hydrogens (tertiary/aromatic N) is 4. The average molecular weight is 362 g/mol. The minimum Gasteiger partial charge on any atom is -0.350 e. The van der Waals surface area contributed by atoms with Gasteiger partial charge in [0.05, 0.1) is 11.8 Å². The van der Waals surface area contributed by atoms with Gasteiger partial charge >= 0.3 is 0 Å². The molecule has 25 heavy (non-hydrogen) atoms. The Morgan fingerprint density at radius 2 is 1.76 bits per heavy atom. The summed E-state index contributed by atoms with van der Waals surface area (Å²) in [5.41, 5.74) is 0.101. The number of rotatable bonds is 5. The van der Waals surface area contributed by atoms with Crippen LogP contribution in [-0.4, -0.2) is 37.4 Å². The van der Waals surface area contributed by atoms with Crippen LogP contribution in [0.15, 0.2) is 5.16 Å². The molecule has 0 aliphatic heterocycles. The summed E-state index contributed by atoms with van der Waals surface area (Å²) in [6.07, 6.45) is 12.6. The van der Waals surface area contributed by atoms with E-state index in [4.69, 9.17) is 0 Å². The molecule has 0 atom stereocenters. The van der Waals surface area contributed by atoms with Crippen LogP contribution in [0.1, 0.15) is 70.3 Å². The molecule has 1 heterocycles. The fraction of sp³-hybridized carbons (Fsp3) is 0.889. The summed E-state index contributed by atoms with van der Waals surface area (Å²) in [4.78, 5) is 12.6. The first-order valence-electron chi connectivity index (χ1n) is 9.91. The number of carbonyl (C=O) groups is 1. The molecule has 0 radical (unpaired) electrons. The summed E-state index contributed by atoms with van der Waals surface area (Å²) >= 11 is 1.49. The molecule has 5 fully saturated rings. The minimum absolute atomic E-state index is 0.101. The Morgan fingerprint density at radius 3 is 2.40 bits per heavy atom. The lowest BCUT2D eigenvalue weighted by Gasteiger charge is -2.56. The van der Waals surface area contributed by atoms with Crippen molar-refractivity contribution in [3.05, 3.63) is 0 Å². The van der Waals surface area contributed by atoms with E-state index >= 15 is 0 Å². The topological polar surface area (TPSA) is 72.7 Å². The summed E-state index contributed by atoms with van der Waals surface area (Å²) in [6, 6.07) is 0.420. The van der Waals surface area contributed by atoms with Crippen LogP contribution in [0.2, 0.25) is 0 Å². The molecule has 5 aliphatic rings. The zero-order valence-corrected chi connectivity index (χ0v) is 15.5. The Balaban J connectivity index is 1.20. The van der Waals surface area contributed by atoms with Gasteiger partial charge in [0.2, 0.25) is 11.1 Å². The van der Waals surface area contributed by atoms with Crippen LogP contribution in [0.3, 0.4) is 0 Å². The Bertz CT molecular complexity index is 618.